The third-order valence-electron chi connectivity index (χ3n) is 5.10. The number of fused-ring (bicyclic) bond motifs is 2. The van der Waals surface area contributed by atoms with E-state index in [-0.39, 0.29) is 0 Å². The summed E-state index contributed by atoms with van der Waals surface area (Å²) in [5.41, 5.74) is 3.75. The fourth-order valence-electron chi connectivity index (χ4n) is 4.26. The first-order chi connectivity index (χ1) is 10.9. The van der Waals surface area contributed by atoms with Crippen LogP contribution in [-0.4, -0.2) is 31.8 Å². The molecular weight excluding hydrogens is 312 g/mol. The second kappa shape index (κ2) is 5.33. The lowest BCUT2D eigenvalue weighted by Gasteiger charge is -2.36. The Labute approximate surface area is 136 Å². The van der Waals surface area contributed by atoms with Crippen LogP contribution in [0.15, 0.2) is 24.4 Å². The second-order valence-corrected chi connectivity index (χ2v) is 8.32. The molecule has 6 heteroatoms. The zero-order valence-electron chi connectivity index (χ0n) is 13.5. The summed E-state index contributed by atoms with van der Waals surface area (Å²) in [6.45, 7) is 2.86. The van der Waals surface area contributed by atoms with Crippen molar-refractivity contribution in [1.82, 2.24) is 9.88 Å². The Hall–Kier alpha value is -1.37. The highest BCUT2D eigenvalue weighted by molar-refractivity contribution is 7.85. The van der Waals surface area contributed by atoms with E-state index >= 15 is 0 Å². The highest BCUT2D eigenvalue weighted by atomic mass is 32.2. The summed E-state index contributed by atoms with van der Waals surface area (Å²) in [7, 11) is -3.49. The van der Waals surface area contributed by atoms with Gasteiger partial charge < -0.3 is 9.88 Å². The Kier molecular flexibility index (Phi) is 3.51. The number of hydrogen-bond donors (Lipinski definition) is 1. The lowest BCUT2D eigenvalue weighted by atomic mass is 9.76. The van der Waals surface area contributed by atoms with Crippen LogP contribution in [0.1, 0.15) is 43.0 Å². The lowest BCUT2D eigenvalue weighted by molar-refractivity contribution is 0.167. The summed E-state index contributed by atoms with van der Waals surface area (Å²) < 4.78 is 30.1. The summed E-state index contributed by atoms with van der Waals surface area (Å²) in [5.74, 6) is 0.557. The minimum atomic E-state index is -3.49. The minimum absolute atomic E-state index is 0.490. The first kappa shape index (κ1) is 15.2. The lowest BCUT2D eigenvalue weighted by Crippen LogP contribution is -2.43. The number of aromatic nitrogens is 1. The molecule has 124 valence electrons. The quantitative estimate of drug-likeness (QED) is 0.876. The molecule has 1 N–H and O–H groups in total. The van der Waals surface area contributed by atoms with Crippen molar-refractivity contribution in [3.8, 4) is 0 Å². The fourth-order valence-corrected chi connectivity index (χ4v) is 4.86. The van der Waals surface area contributed by atoms with Crippen LogP contribution in [0.2, 0.25) is 0 Å². The van der Waals surface area contributed by atoms with Crippen LogP contribution in [0.25, 0.3) is 10.9 Å². The number of piperidine rings is 1. The van der Waals surface area contributed by atoms with E-state index in [1.165, 1.54) is 29.4 Å². The maximum Gasteiger partial charge on any atom is 0.266 e. The average Bonchev–Trinajstić information content (AvgIpc) is 2.86. The van der Waals surface area contributed by atoms with E-state index in [4.69, 9.17) is 4.18 Å². The molecule has 0 bridgehead atoms. The molecule has 2 aromatic rings. The molecule has 1 aromatic carbocycles. The summed E-state index contributed by atoms with van der Waals surface area (Å²) in [4.78, 5) is 0. The smallest absolute Gasteiger partial charge is 0.266 e. The van der Waals surface area contributed by atoms with Crippen LogP contribution in [-0.2, 0) is 20.7 Å². The molecule has 0 radical (unpaired) electrons. The number of rotatable bonds is 3. The van der Waals surface area contributed by atoms with Crippen molar-refractivity contribution >= 4 is 21.0 Å². The van der Waals surface area contributed by atoms with E-state index in [0.29, 0.717) is 12.0 Å². The topological polar surface area (TPSA) is 60.3 Å². The van der Waals surface area contributed by atoms with Crippen molar-refractivity contribution in [1.29, 1.82) is 0 Å². The van der Waals surface area contributed by atoms with Crippen LogP contribution in [0, 0.1) is 0 Å². The SMILES string of the molecule is CC(OS(C)(=O)=O)n1cc2c3c(cccc31)[C@H]1CCCN[C@@H]1C2. The maximum absolute atomic E-state index is 11.5. The highest BCUT2D eigenvalue weighted by Crippen LogP contribution is 2.42. The first-order valence-corrected chi connectivity index (χ1v) is 9.99. The Bertz CT molecular complexity index is 856. The predicted molar refractivity (Wildman–Crippen MR) is 90.0 cm³/mol. The molecule has 0 spiro atoms. The molecule has 1 aliphatic heterocycles. The predicted octanol–water partition coefficient (Wildman–Crippen LogP) is 2.53. The molecule has 4 rings (SSSR count). The van der Waals surface area contributed by atoms with Gasteiger partial charge in [0.2, 0.25) is 0 Å². The molecule has 3 atom stereocenters. The van der Waals surface area contributed by atoms with E-state index in [1.807, 2.05) is 4.57 Å². The molecule has 1 aromatic heterocycles. The zero-order valence-corrected chi connectivity index (χ0v) is 14.3. The van der Waals surface area contributed by atoms with Crippen molar-refractivity contribution in [2.45, 2.75) is 44.4 Å². The molecule has 0 amide bonds. The van der Waals surface area contributed by atoms with Gasteiger partial charge in [-0.3, -0.25) is 0 Å². The van der Waals surface area contributed by atoms with Crippen molar-refractivity contribution in [3.05, 3.63) is 35.5 Å². The van der Waals surface area contributed by atoms with Crippen molar-refractivity contribution in [2.75, 3.05) is 12.8 Å². The molecule has 1 unspecified atom stereocenters. The Balaban J connectivity index is 1.84. The third kappa shape index (κ3) is 2.58. The largest absolute Gasteiger partial charge is 0.320 e. The average molecular weight is 334 g/mol. The van der Waals surface area contributed by atoms with Gasteiger partial charge in [0.1, 0.15) is 6.23 Å². The normalized spacial score (nSPS) is 25.3. The van der Waals surface area contributed by atoms with Gasteiger partial charge in [-0.05, 0) is 49.9 Å². The van der Waals surface area contributed by atoms with Gasteiger partial charge in [0.25, 0.3) is 10.1 Å². The Morgan fingerprint density at radius 2 is 2.22 bits per heavy atom. The molecule has 1 saturated heterocycles. The molecule has 2 heterocycles. The van der Waals surface area contributed by atoms with Crippen molar-refractivity contribution in [2.24, 2.45) is 0 Å². The molecule has 5 nitrogen and oxygen atoms in total. The standard InChI is InChI=1S/C17H22N2O3S/c1-11(22-23(2,20)21)19-10-12-9-15-13(6-4-8-18-15)14-5-3-7-16(19)17(12)14/h3,5,7,10-11,13,15,18H,4,6,8-9H2,1-2H3/t11?,13-,15-/m1/s1. The van der Waals surface area contributed by atoms with E-state index in [9.17, 15) is 8.42 Å². The van der Waals surface area contributed by atoms with Gasteiger partial charge in [0, 0.05) is 23.5 Å². The first-order valence-electron chi connectivity index (χ1n) is 8.18. The Morgan fingerprint density at radius 1 is 1.39 bits per heavy atom. The van der Waals surface area contributed by atoms with Crippen LogP contribution >= 0.6 is 0 Å². The summed E-state index contributed by atoms with van der Waals surface area (Å²) in [6.07, 6.45) is 6.05. The fraction of sp³-hybridized carbons (Fsp3) is 0.529. The van der Waals surface area contributed by atoms with Crippen LogP contribution < -0.4 is 5.32 Å². The third-order valence-corrected chi connectivity index (χ3v) is 5.73. The number of benzene rings is 1. The molecule has 1 fully saturated rings. The molecular formula is C17H22N2O3S. The summed E-state index contributed by atoms with van der Waals surface area (Å²) >= 11 is 0. The molecule has 1 aliphatic carbocycles. The summed E-state index contributed by atoms with van der Waals surface area (Å²) in [5, 5.41) is 4.94. The highest BCUT2D eigenvalue weighted by Gasteiger charge is 2.34. The van der Waals surface area contributed by atoms with Gasteiger partial charge in [0.05, 0.1) is 11.8 Å². The molecule has 0 saturated carbocycles. The second-order valence-electron chi connectivity index (χ2n) is 6.72. The van der Waals surface area contributed by atoms with E-state index in [1.54, 1.807) is 6.92 Å². The van der Waals surface area contributed by atoms with Gasteiger partial charge in [-0.15, -0.1) is 0 Å². The number of nitrogens with one attached hydrogen (secondary N) is 1. The molecule has 23 heavy (non-hydrogen) atoms. The van der Waals surface area contributed by atoms with Crippen LogP contribution in [0.3, 0.4) is 0 Å². The minimum Gasteiger partial charge on any atom is -0.320 e. The maximum atomic E-state index is 11.5. The van der Waals surface area contributed by atoms with Crippen LogP contribution in [0.5, 0.6) is 0 Å². The van der Waals surface area contributed by atoms with Crippen molar-refractivity contribution < 1.29 is 12.6 Å². The summed E-state index contributed by atoms with van der Waals surface area (Å²) in [6, 6.07) is 6.84. The van der Waals surface area contributed by atoms with E-state index in [2.05, 4.69) is 29.7 Å². The monoisotopic (exact) mass is 334 g/mol. The molecule has 2 aliphatic rings. The van der Waals surface area contributed by atoms with Gasteiger partial charge in [-0.1, -0.05) is 12.1 Å². The van der Waals surface area contributed by atoms with E-state index in [0.717, 1.165) is 24.7 Å². The van der Waals surface area contributed by atoms with Crippen LogP contribution in [0.4, 0.5) is 0 Å². The van der Waals surface area contributed by atoms with Gasteiger partial charge in [-0.2, -0.15) is 8.42 Å². The number of hydrogen-bond acceptors (Lipinski definition) is 4. The van der Waals surface area contributed by atoms with Crippen molar-refractivity contribution in [3.63, 3.8) is 0 Å². The van der Waals surface area contributed by atoms with Gasteiger partial charge in [0.15, 0.2) is 0 Å². The van der Waals surface area contributed by atoms with E-state index < -0.39 is 16.3 Å². The Morgan fingerprint density at radius 3 is 3.00 bits per heavy atom. The van der Waals surface area contributed by atoms with Gasteiger partial charge >= 0.3 is 0 Å². The zero-order chi connectivity index (χ0) is 16.2. The number of nitrogens with zero attached hydrogens (tertiary/aromatic N) is 1. The van der Waals surface area contributed by atoms with Gasteiger partial charge in [-0.25, -0.2) is 4.18 Å².